The molecule has 2 atom stereocenters. The third kappa shape index (κ3) is 4.04. The highest BCUT2D eigenvalue weighted by Crippen LogP contribution is 2.57. The first kappa shape index (κ1) is 25.3. The van der Waals surface area contributed by atoms with E-state index in [0.29, 0.717) is 17.1 Å². The van der Waals surface area contributed by atoms with E-state index in [2.05, 4.69) is 56.1 Å². The number of ether oxygens (including phenoxy) is 2. The summed E-state index contributed by atoms with van der Waals surface area (Å²) >= 11 is 6.65. The van der Waals surface area contributed by atoms with E-state index < -0.39 is 5.60 Å². The third-order valence-electron chi connectivity index (χ3n) is 7.70. The largest absolute Gasteiger partial charge is 0.456 e. The van der Waals surface area contributed by atoms with Crippen molar-refractivity contribution in [2.75, 3.05) is 16.8 Å². The molecule has 0 bridgehead atoms. The van der Waals surface area contributed by atoms with Gasteiger partial charge in [-0.1, -0.05) is 54.4 Å². The topological polar surface area (TPSA) is 50.8 Å². The van der Waals surface area contributed by atoms with E-state index in [-0.39, 0.29) is 11.5 Å². The molecule has 198 valence electrons. The molecule has 5 nitrogen and oxygen atoms in total. The van der Waals surface area contributed by atoms with Crippen LogP contribution in [0, 0.1) is 13.8 Å². The number of carbonyl (C=O) groups excluding carboxylic acids is 1. The number of carbonyl (C=O) groups is 1. The molecule has 0 fully saturated rings. The second-order valence-electron chi connectivity index (χ2n) is 10.2. The summed E-state index contributed by atoms with van der Waals surface area (Å²) in [6, 6.07) is 26.0. The number of halogens is 1. The minimum Gasteiger partial charge on any atom is -0.456 e. The summed E-state index contributed by atoms with van der Waals surface area (Å²) in [6.45, 7) is 9.08. The Labute approximate surface area is 234 Å². The molecule has 2 aliphatic heterocycles. The number of esters is 1. The third-order valence-corrected chi connectivity index (χ3v) is 8.25. The lowest BCUT2D eigenvalue weighted by Crippen LogP contribution is -2.34. The quantitative estimate of drug-likeness (QED) is 0.152. The zero-order valence-corrected chi connectivity index (χ0v) is 23.3. The molecule has 2 heterocycles. The van der Waals surface area contributed by atoms with Gasteiger partial charge in [-0.3, -0.25) is 0 Å². The van der Waals surface area contributed by atoms with Crippen molar-refractivity contribution in [2.24, 2.45) is 0 Å². The smallest absolute Gasteiger partial charge is 0.340 e. The summed E-state index contributed by atoms with van der Waals surface area (Å²) < 4.78 is 12.9. The van der Waals surface area contributed by atoms with Gasteiger partial charge < -0.3 is 19.7 Å². The summed E-state index contributed by atoms with van der Waals surface area (Å²) in [4.78, 5) is 15.4. The summed E-state index contributed by atoms with van der Waals surface area (Å²) in [7, 11) is 0. The Bertz CT molecular complexity index is 1600. The monoisotopic (exact) mass is 538 g/mol. The fraction of sp³-hybridized carbons (Fsp3) is 0.242. The van der Waals surface area contributed by atoms with E-state index in [9.17, 15) is 4.79 Å². The van der Waals surface area contributed by atoms with Crippen LogP contribution in [0.15, 0.2) is 78.9 Å². The summed E-state index contributed by atoms with van der Waals surface area (Å²) in [5, 5.41) is 3.55. The van der Waals surface area contributed by atoms with Crippen molar-refractivity contribution in [3.63, 3.8) is 0 Å². The van der Waals surface area contributed by atoms with Gasteiger partial charge in [0.15, 0.2) is 5.60 Å². The van der Waals surface area contributed by atoms with E-state index in [1.54, 1.807) is 0 Å². The van der Waals surface area contributed by atoms with Gasteiger partial charge in [0.25, 0.3) is 0 Å². The lowest BCUT2D eigenvalue weighted by atomic mass is 9.77. The molecule has 0 amide bonds. The van der Waals surface area contributed by atoms with Crippen molar-refractivity contribution in [2.45, 2.75) is 45.2 Å². The molecule has 4 aromatic rings. The maximum atomic E-state index is 13.3. The van der Waals surface area contributed by atoms with Crippen molar-refractivity contribution in [3.05, 3.63) is 112 Å². The molecular formula is C33H31ClN2O3. The lowest BCUT2D eigenvalue weighted by Gasteiger charge is -2.38. The fourth-order valence-corrected chi connectivity index (χ4v) is 6.04. The molecule has 1 spiro atoms. The Morgan fingerprint density at radius 1 is 0.897 bits per heavy atom. The van der Waals surface area contributed by atoms with Crippen LogP contribution in [0.2, 0.25) is 0 Å². The highest BCUT2D eigenvalue weighted by Gasteiger charge is 2.53. The van der Waals surface area contributed by atoms with Gasteiger partial charge >= 0.3 is 5.97 Å². The van der Waals surface area contributed by atoms with Gasteiger partial charge in [0, 0.05) is 46.4 Å². The van der Waals surface area contributed by atoms with Crippen molar-refractivity contribution in [1.82, 2.24) is 0 Å². The standard InChI is InChI=1S/C33H31ClN2O3/c1-5-31(34)36(6-2)23-13-14-26-30(19-23)38-29-16-12-22(35-28-15-11-20(3)17-21(28)4)18-27(29)33(26)25-10-8-7-9-24(25)32(37)39-33/h7-19,31,35H,5-6H2,1-4H3. The Hall–Kier alpha value is -3.96. The fourth-order valence-electron chi connectivity index (χ4n) is 5.79. The van der Waals surface area contributed by atoms with E-state index in [1.807, 2.05) is 60.7 Å². The van der Waals surface area contributed by atoms with Crippen LogP contribution in [0.3, 0.4) is 0 Å². The Morgan fingerprint density at radius 3 is 2.49 bits per heavy atom. The second-order valence-corrected chi connectivity index (χ2v) is 10.7. The normalized spacial score (nSPS) is 17.5. The summed E-state index contributed by atoms with van der Waals surface area (Å²) in [6.07, 6.45) is 0.807. The van der Waals surface area contributed by atoms with Gasteiger partial charge in [-0.25, -0.2) is 4.79 Å². The zero-order chi connectivity index (χ0) is 27.3. The van der Waals surface area contributed by atoms with Gasteiger partial charge in [0.05, 0.1) is 5.56 Å². The first-order valence-corrected chi connectivity index (χ1v) is 13.8. The van der Waals surface area contributed by atoms with Crippen LogP contribution in [0.4, 0.5) is 17.1 Å². The number of fused-ring (bicyclic) bond motifs is 6. The van der Waals surface area contributed by atoms with Crippen molar-refractivity contribution in [3.8, 4) is 11.5 Å². The molecule has 0 aromatic heterocycles. The number of nitrogens with one attached hydrogen (secondary N) is 1. The van der Waals surface area contributed by atoms with E-state index in [4.69, 9.17) is 21.1 Å². The number of nitrogens with zero attached hydrogens (tertiary/aromatic N) is 1. The Morgan fingerprint density at radius 2 is 1.72 bits per heavy atom. The second kappa shape index (κ2) is 9.65. The van der Waals surface area contributed by atoms with Crippen LogP contribution < -0.4 is 15.0 Å². The molecule has 4 aromatic carbocycles. The molecular weight excluding hydrogens is 508 g/mol. The van der Waals surface area contributed by atoms with E-state index >= 15 is 0 Å². The maximum Gasteiger partial charge on any atom is 0.340 e. The predicted octanol–water partition coefficient (Wildman–Crippen LogP) is 8.42. The average molecular weight is 539 g/mol. The van der Waals surface area contributed by atoms with Crippen LogP contribution in [0.5, 0.6) is 11.5 Å². The van der Waals surface area contributed by atoms with Gasteiger partial charge in [-0.15, -0.1) is 0 Å². The number of rotatable bonds is 6. The Kier molecular flexibility index (Phi) is 6.27. The lowest BCUT2D eigenvalue weighted by molar-refractivity contribution is 0.0224. The molecule has 0 aliphatic carbocycles. The number of hydrogen-bond donors (Lipinski definition) is 1. The molecule has 6 rings (SSSR count). The number of alkyl halides is 1. The molecule has 6 heteroatoms. The summed E-state index contributed by atoms with van der Waals surface area (Å²) in [5.41, 5.74) is 6.92. The van der Waals surface area contributed by atoms with Crippen LogP contribution in [0.1, 0.15) is 58.4 Å². The first-order valence-electron chi connectivity index (χ1n) is 13.4. The number of benzene rings is 4. The molecule has 2 aliphatic rings. The highest BCUT2D eigenvalue weighted by molar-refractivity contribution is 6.21. The molecule has 0 saturated carbocycles. The zero-order valence-electron chi connectivity index (χ0n) is 22.5. The summed E-state index contributed by atoms with van der Waals surface area (Å²) in [5.74, 6) is 0.956. The minimum atomic E-state index is -1.13. The van der Waals surface area contributed by atoms with Crippen LogP contribution in [0.25, 0.3) is 0 Å². The van der Waals surface area contributed by atoms with Gasteiger partial charge in [0.1, 0.15) is 17.0 Å². The SMILES string of the molecule is CCC(Cl)N(CC)c1ccc2c(c1)Oc1ccc(Nc3ccc(C)cc3C)cc1C21OC(=O)c2ccccc21. The minimum absolute atomic E-state index is 0.137. The van der Waals surface area contributed by atoms with Crippen LogP contribution in [-0.4, -0.2) is 18.0 Å². The van der Waals surface area contributed by atoms with E-state index in [1.165, 1.54) is 5.56 Å². The van der Waals surface area contributed by atoms with E-state index in [0.717, 1.165) is 52.3 Å². The first-order chi connectivity index (χ1) is 18.8. The number of hydrogen-bond acceptors (Lipinski definition) is 5. The van der Waals surface area contributed by atoms with Gasteiger partial charge in [0.2, 0.25) is 0 Å². The molecule has 0 radical (unpaired) electrons. The Balaban J connectivity index is 1.52. The number of aryl methyl sites for hydroxylation is 2. The van der Waals surface area contributed by atoms with Crippen molar-refractivity contribution >= 4 is 34.6 Å². The van der Waals surface area contributed by atoms with Crippen LogP contribution >= 0.6 is 11.6 Å². The van der Waals surface area contributed by atoms with Gasteiger partial charge in [-0.05, 0) is 75.2 Å². The average Bonchev–Trinajstić information content (AvgIpc) is 3.23. The molecule has 39 heavy (non-hydrogen) atoms. The van der Waals surface area contributed by atoms with Crippen molar-refractivity contribution in [1.29, 1.82) is 0 Å². The predicted molar refractivity (Wildman–Crippen MR) is 157 cm³/mol. The maximum absolute atomic E-state index is 13.3. The van der Waals surface area contributed by atoms with Gasteiger partial charge in [-0.2, -0.15) is 0 Å². The molecule has 1 N–H and O–H groups in total. The molecule has 2 unspecified atom stereocenters. The van der Waals surface area contributed by atoms with Crippen molar-refractivity contribution < 1.29 is 14.3 Å². The van der Waals surface area contributed by atoms with Crippen LogP contribution in [-0.2, 0) is 10.3 Å². The number of anilines is 3. The molecule has 0 saturated heterocycles. The highest BCUT2D eigenvalue weighted by atomic mass is 35.5.